The molecule has 0 bridgehead atoms. The van der Waals surface area contributed by atoms with Gasteiger partial charge in [-0.15, -0.1) is 0 Å². The van der Waals surface area contributed by atoms with E-state index in [1.165, 1.54) is 18.5 Å². The minimum absolute atomic E-state index is 0.155. The van der Waals surface area contributed by atoms with Gasteiger partial charge in [-0.05, 0) is 50.1 Å². The fourth-order valence-electron chi connectivity index (χ4n) is 2.83. The number of halogens is 1. The Balaban J connectivity index is 3.07. The summed E-state index contributed by atoms with van der Waals surface area (Å²) in [5, 5.41) is 3.40. The number of nitrogens with one attached hydrogen (secondary N) is 1. The molecule has 0 saturated heterocycles. The van der Waals surface area contributed by atoms with Crippen molar-refractivity contribution < 1.29 is 4.39 Å². The van der Waals surface area contributed by atoms with Crippen molar-refractivity contribution in [3.63, 3.8) is 0 Å². The quantitative estimate of drug-likeness (QED) is 0.706. The Bertz CT molecular complexity index is 416. The van der Waals surface area contributed by atoms with E-state index in [4.69, 9.17) is 0 Å². The first-order valence-corrected chi connectivity index (χ1v) is 8.34. The molecule has 0 fully saturated rings. The zero-order chi connectivity index (χ0) is 15.8. The summed E-state index contributed by atoms with van der Waals surface area (Å²) in [4.78, 5) is 2.39. The summed E-state index contributed by atoms with van der Waals surface area (Å²) in [7, 11) is 0. The molecule has 21 heavy (non-hydrogen) atoms. The summed E-state index contributed by atoms with van der Waals surface area (Å²) in [6.07, 6.45) is 2.37. The van der Waals surface area contributed by atoms with Crippen molar-refractivity contribution in [2.75, 3.05) is 24.5 Å². The van der Waals surface area contributed by atoms with Crippen LogP contribution in [0, 0.1) is 11.7 Å². The molecule has 0 aliphatic rings. The zero-order valence-electron chi connectivity index (χ0n) is 14.2. The van der Waals surface area contributed by atoms with Crippen LogP contribution in [0.2, 0.25) is 0 Å². The van der Waals surface area contributed by atoms with E-state index in [0.717, 1.165) is 25.2 Å². The maximum atomic E-state index is 13.7. The summed E-state index contributed by atoms with van der Waals surface area (Å²) in [5.41, 5.74) is 2.23. The van der Waals surface area contributed by atoms with E-state index in [1.54, 1.807) is 12.1 Å². The van der Waals surface area contributed by atoms with Gasteiger partial charge in [0.25, 0.3) is 0 Å². The molecule has 1 rings (SSSR count). The molecule has 0 aliphatic carbocycles. The Morgan fingerprint density at radius 2 is 1.81 bits per heavy atom. The van der Waals surface area contributed by atoms with Crippen LogP contribution in [0.25, 0.3) is 0 Å². The van der Waals surface area contributed by atoms with E-state index in [1.807, 2.05) is 6.07 Å². The molecule has 1 N–H and O–H groups in total. The van der Waals surface area contributed by atoms with Crippen LogP contribution >= 0.6 is 0 Å². The van der Waals surface area contributed by atoms with Crippen molar-refractivity contribution in [2.45, 2.75) is 53.5 Å². The van der Waals surface area contributed by atoms with Crippen LogP contribution in [0.3, 0.4) is 0 Å². The summed E-state index contributed by atoms with van der Waals surface area (Å²) in [6, 6.07) is 5.35. The summed E-state index contributed by atoms with van der Waals surface area (Å²) in [6.45, 7) is 13.7. The van der Waals surface area contributed by atoms with Gasteiger partial charge in [0.1, 0.15) is 5.82 Å². The van der Waals surface area contributed by atoms with Crippen molar-refractivity contribution in [1.82, 2.24) is 5.32 Å². The van der Waals surface area contributed by atoms with Crippen LogP contribution in [0.4, 0.5) is 10.1 Å². The molecule has 0 aromatic heterocycles. The lowest BCUT2D eigenvalue weighted by atomic mass is 10.00. The summed E-state index contributed by atoms with van der Waals surface area (Å²) in [5.74, 6) is 0.536. The number of hydrogen-bond acceptors (Lipinski definition) is 2. The standard InChI is InChI=1S/C18H31FN2/c1-6-15(7-2)13-21(9-4)18-11-10-16(19)12-17(18)14(5)20-8-3/h10-12,14-15,20H,6-9,13H2,1-5H3. The molecule has 1 aromatic carbocycles. The van der Waals surface area contributed by atoms with Crippen molar-refractivity contribution in [2.24, 2.45) is 5.92 Å². The first-order valence-electron chi connectivity index (χ1n) is 8.34. The highest BCUT2D eigenvalue weighted by atomic mass is 19.1. The lowest BCUT2D eigenvalue weighted by Gasteiger charge is -2.31. The lowest BCUT2D eigenvalue weighted by Crippen LogP contribution is -2.31. The first kappa shape index (κ1) is 18.0. The number of hydrogen-bond donors (Lipinski definition) is 1. The number of rotatable bonds is 9. The zero-order valence-corrected chi connectivity index (χ0v) is 14.2. The Morgan fingerprint density at radius 1 is 1.14 bits per heavy atom. The predicted octanol–water partition coefficient (Wildman–Crippen LogP) is 4.76. The van der Waals surface area contributed by atoms with Gasteiger partial charge in [-0.1, -0.05) is 33.6 Å². The molecule has 1 unspecified atom stereocenters. The van der Waals surface area contributed by atoms with Gasteiger partial charge in [-0.25, -0.2) is 4.39 Å². The average Bonchev–Trinajstić information content (AvgIpc) is 2.49. The van der Waals surface area contributed by atoms with Gasteiger partial charge in [0.15, 0.2) is 0 Å². The molecule has 0 amide bonds. The van der Waals surface area contributed by atoms with Gasteiger partial charge in [-0.3, -0.25) is 0 Å². The lowest BCUT2D eigenvalue weighted by molar-refractivity contribution is 0.484. The third-order valence-electron chi connectivity index (χ3n) is 4.32. The predicted molar refractivity (Wildman–Crippen MR) is 90.5 cm³/mol. The van der Waals surface area contributed by atoms with Crippen molar-refractivity contribution in [3.05, 3.63) is 29.6 Å². The maximum Gasteiger partial charge on any atom is 0.123 e. The van der Waals surface area contributed by atoms with Crippen LogP contribution in [0.1, 0.15) is 59.1 Å². The van der Waals surface area contributed by atoms with Crippen LogP contribution in [-0.2, 0) is 0 Å². The monoisotopic (exact) mass is 294 g/mol. The van der Waals surface area contributed by atoms with Gasteiger partial charge in [0, 0.05) is 24.8 Å². The average molecular weight is 294 g/mol. The van der Waals surface area contributed by atoms with Gasteiger partial charge in [-0.2, -0.15) is 0 Å². The molecule has 1 atom stereocenters. The molecule has 0 radical (unpaired) electrons. The van der Waals surface area contributed by atoms with E-state index in [0.29, 0.717) is 5.92 Å². The van der Waals surface area contributed by atoms with Gasteiger partial charge < -0.3 is 10.2 Å². The third kappa shape index (κ3) is 4.99. The van der Waals surface area contributed by atoms with E-state index in [2.05, 4.69) is 44.8 Å². The van der Waals surface area contributed by atoms with Crippen LogP contribution in [-0.4, -0.2) is 19.6 Å². The molecule has 0 aliphatic heterocycles. The highest BCUT2D eigenvalue weighted by molar-refractivity contribution is 5.55. The molecular formula is C18H31FN2. The van der Waals surface area contributed by atoms with E-state index >= 15 is 0 Å². The Kier molecular flexibility index (Phi) is 7.73. The molecule has 0 spiro atoms. The van der Waals surface area contributed by atoms with Gasteiger partial charge in [0.05, 0.1) is 0 Å². The van der Waals surface area contributed by atoms with E-state index < -0.39 is 0 Å². The Hall–Kier alpha value is -1.09. The minimum Gasteiger partial charge on any atom is -0.371 e. The fraction of sp³-hybridized carbons (Fsp3) is 0.667. The molecular weight excluding hydrogens is 263 g/mol. The second kappa shape index (κ2) is 9.04. The van der Waals surface area contributed by atoms with Crippen LogP contribution < -0.4 is 10.2 Å². The second-order valence-corrected chi connectivity index (χ2v) is 5.70. The molecule has 0 saturated carbocycles. The van der Waals surface area contributed by atoms with Gasteiger partial charge >= 0.3 is 0 Å². The second-order valence-electron chi connectivity index (χ2n) is 5.70. The summed E-state index contributed by atoms with van der Waals surface area (Å²) >= 11 is 0. The Labute approximate surface area is 129 Å². The highest BCUT2D eigenvalue weighted by Gasteiger charge is 2.17. The van der Waals surface area contributed by atoms with Crippen molar-refractivity contribution in [1.29, 1.82) is 0 Å². The molecule has 0 heterocycles. The smallest absolute Gasteiger partial charge is 0.123 e. The molecule has 120 valence electrons. The molecule has 1 aromatic rings. The van der Waals surface area contributed by atoms with E-state index in [-0.39, 0.29) is 11.9 Å². The molecule has 3 heteroatoms. The van der Waals surface area contributed by atoms with E-state index in [9.17, 15) is 4.39 Å². The highest BCUT2D eigenvalue weighted by Crippen LogP contribution is 2.28. The number of anilines is 1. The van der Waals surface area contributed by atoms with Crippen LogP contribution in [0.15, 0.2) is 18.2 Å². The maximum absolute atomic E-state index is 13.7. The van der Waals surface area contributed by atoms with Gasteiger partial charge in [0.2, 0.25) is 0 Å². The Morgan fingerprint density at radius 3 is 2.33 bits per heavy atom. The fourth-order valence-corrected chi connectivity index (χ4v) is 2.83. The normalized spacial score (nSPS) is 12.7. The topological polar surface area (TPSA) is 15.3 Å². The largest absolute Gasteiger partial charge is 0.371 e. The summed E-state index contributed by atoms with van der Waals surface area (Å²) < 4.78 is 13.7. The number of nitrogens with zero attached hydrogens (tertiary/aromatic N) is 1. The first-order chi connectivity index (χ1) is 10.1. The van der Waals surface area contributed by atoms with Crippen molar-refractivity contribution in [3.8, 4) is 0 Å². The third-order valence-corrected chi connectivity index (χ3v) is 4.32. The van der Waals surface area contributed by atoms with Crippen LogP contribution in [0.5, 0.6) is 0 Å². The number of benzene rings is 1. The van der Waals surface area contributed by atoms with Crippen molar-refractivity contribution >= 4 is 5.69 Å². The SMILES string of the molecule is CCNC(C)c1cc(F)ccc1N(CC)CC(CC)CC. The molecule has 2 nitrogen and oxygen atoms in total. The minimum atomic E-state index is -0.155.